The van der Waals surface area contributed by atoms with Crippen LogP contribution < -0.4 is 10.5 Å². The van der Waals surface area contributed by atoms with Crippen molar-refractivity contribution in [2.24, 2.45) is 5.73 Å². The Morgan fingerprint density at radius 1 is 1.10 bits per heavy atom. The second-order valence-corrected chi connectivity index (χ2v) is 5.14. The van der Waals surface area contributed by atoms with E-state index in [0.29, 0.717) is 0 Å². The van der Waals surface area contributed by atoms with E-state index in [-0.39, 0.29) is 6.04 Å². The van der Waals surface area contributed by atoms with E-state index < -0.39 is 0 Å². The molecule has 4 heteroatoms. The van der Waals surface area contributed by atoms with Crippen molar-refractivity contribution in [3.8, 4) is 5.75 Å². The van der Waals surface area contributed by atoms with Gasteiger partial charge in [-0.15, -0.1) is 0 Å². The zero-order chi connectivity index (χ0) is 13.9. The largest absolute Gasteiger partial charge is 0.497 e. The fraction of sp³-hybridized carbons (Fsp3) is 0.375. The van der Waals surface area contributed by atoms with E-state index in [4.69, 9.17) is 10.5 Å². The summed E-state index contributed by atoms with van der Waals surface area (Å²) in [7, 11) is 1.66. The molecule has 2 N–H and O–H groups in total. The molecule has 1 atom stereocenters. The van der Waals surface area contributed by atoms with Gasteiger partial charge in [0.2, 0.25) is 0 Å². The molecule has 104 valence electrons. The van der Waals surface area contributed by atoms with Crippen LogP contribution in [-0.4, -0.2) is 17.1 Å². The molecular formula is C16H19N3O. The third kappa shape index (κ3) is 2.39. The molecule has 0 saturated carbocycles. The van der Waals surface area contributed by atoms with Crippen molar-refractivity contribution in [2.75, 3.05) is 7.11 Å². The highest BCUT2D eigenvalue weighted by Crippen LogP contribution is 2.28. The number of hydrogen-bond donors (Lipinski definition) is 1. The maximum absolute atomic E-state index is 6.40. The molecule has 0 spiro atoms. The van der Waals surface area contributed by atoms with Crippen molar-refractivity contribution in [2.45, 2.75) is 31.7 Å². The van der Waals surface area contributed by atoms with Crippen molar-refractivity contribution >= 4 is 0 Å². The standard InChI is InChI=1S/C16H19N3O/c1-20-12-8-6-11(7-9-12)15(17)16-13-4-2-3-5-14(13)18-10-19-16/h6-10,15H,2-5,17H2,1H3. The predicted octanol–water partition coefficient (Wildman–Crippen LogP) is 2.41. The van der Waals surface area contributed by atoms with Gasteiger partial charge >= 0.3 is 0 Å². The first-order valence-electron chi connectivity index (χ1n) is 7.02. The number of aromatic nitrogens is 2. The molecule has 0 amide bonds. The predicted molar refractivity (Wildman–Crippen MR) is 77.7 cm³/mol. The van der Waals surface area contributed by atoms with E-state index in [1.165, 1.54) is 24.1 Å². The fourth-order valence-corrected chi connectivity index (χ4v) is 2.78. The van der Waals surface area contributed by atoms with Gasteiger partial charge in [0.1, 0.15) is 12.1 Å². The minimum Gasteiger partial charge on any atom is -0.497 e. The van der Waals surface area contributed by atoms with Crippen molar-refractivity contribution in [1.29, 1.82) is 0 Å². The van der Waals surface area contributed by atoms with Crippen LogP contribution in [0.2, 0.25) is 0 Å². The minimum absolute atomic E-state index is 0.198. The lowest BCUT2D eigenvalue weighted by Crippen LogP contribution is -2.19. The van der Waals surface area contributed by atoms with Crippen LogP contribution in [-0.2, 0) is 12.8 Å². The van der Waals surface area contributed by atoms with Gasteiger partial charge < -0.3 is 10.5 Å². The lowest BCUT2D eigenvalue weighted by atomic mass is 9.91. The highest BCUT2D eigenvalue weighted by molar-refractivity contribution is 5.37. The monoisotopic (exact) mass is 269 g/mol. The third-order valence-corrected chi connectivity index (χ3v) is 3.93. The molecule has 2 aromatic rings. The highest BCUT2D eigenvalue weighted by Gasteiger charge is 2.20. The number of rotatable bonds is 3. The third-order valence-electron chi connectivity index (χ3n) is 3.93. The second-order valence-electron chi connectivity index (χ2n) is 5.14. The Morgan fingerprint density at radius 3 is 2.60 bits per heavy atom. The Balaban J connectivity index is 1.95. The van der Waals surface area contributed by atoms with Crippen molar-refractivity contribution in [3.63, 3.8) is 0 Å². The summed E-state index contributed by atoms with van der Waals surface area (Å²) in [6.07, 6.45) is 6.13. The molecule has 1 aliphatic rings. The molecule has 0 saturated heterocycles. The Morgan fingerprint density at radius 2 is 1.85 bits per heavy atom. The first kappa shape index (κ1) is 13.1. The van der Waals surface area contributed by atoms with Gasteiger partial charge in [0, 0.05) is 5.69 Å². The van der Waals surface area contributed by atoms with E-state index in [0.717, 1.165) is 29.8 Å². The lowest BCUT2D eigenvalue weighted by molar-refractivity contribution is 0.414. The Hall–Kier alpha value is -1.94. The van der Waals surface area contributed by atoms with Crippen molar-refractivity contribution in [3.05, 3.63) is 53.1 Å². The van der Waals surface area contributed by atoms with Gasteiger partial charge in [0.05, 0.1) is 18.8 Å². The van der Waals surface area contributed by atoms with Gasteiger partial charge in [0.15, 0.2) is 0 Å². The fourth-order valence-electron chi connectivity index (χ4n) is 2.78. The number of aryl methyl sites for hydroxylation is 1. The summed E-state index contributed by atoms with van der Waals surface area (Å²) in [6, 6.07) is 7.67. The molecule has 1 aromatic heterocycles. The normalized spacial score (nSPS) is 15.5. The van der Waals surface area contributed by atoms with Crippen LogP contribution in [0.25, 0.3) is 0 Å². The van der Waals surface area contributed by atoms with Crippen LogP contribution in [0, 0.1) is 0 Å². The van der Waals surface area contributed by atoms with Gasteiger partial charge in [-0.3, -0.25) is 0 Å². The Bertz CT molecular complexity index is 595. The van der Waals surface area contributed by atoms with Gasteiger partial charge in [-0.25, -0.2) is 9.97 Å². The average Bonchev–Trinajstić information content (AvgIpc) is 2.54. The van der Waals surface area contributed by atoms with E-state index in [9.17, 15) is 0 Å². The molecular weight excluding hydrogens is 250 g/mol. The molecule has 1 unspecified atom stereocenters. The van der Waals surface area contributed by atoms with Crippen LogP contribution >= 0.6 is 0 Å². The molecule has 1 aromatic carbocycles. The number of methoxy groups -OCH3 is 1. The first-order chi connectivity index (χ1) is 9.79. The summed E-state index contributed by atoms with van der Waals surface area (Å²) in [5, 5.41) is 0. The zero-order valence-electron chi connectivity index (χ0n) is 11.7. The quantitative estimate of drug-likeness (QED) is 0.929. The Labute approximate surface area is 119 Å². The van der Waals surface area contributed by atoms with E-state index >= 15 is 0 Å². The van der Waals surface area contributed by atoms with Crippen LogP contribution in [0.4, 0.5) is 0 Å². The molecule has 0 aliphatic heterocycles. The van der Waals surface area contributed by atoms with Gasteiger partial charge in [-0.2, -0.15) is 0 Å². The van der Waals surface area contributed by atoms with E-state index in [2.05, 4.69) is 9.97 Å². The molecule has 4 nitrogen and oxygen atoms in total. The average molecular weight is 269 g/mol. The summed E-state index contributed by atoms with van der Waals surface area (Å²) in [6.45, 7) is 0. The number of fused-ring (bicyclic) bond motifs is 1. The van der Waals surface area contributed by atoms with Crippen LogP contribution in [0.15, 0.2) is 30.6 Å². The summed E-state index contributed by atoms with van der Waals surface area (Å²) in [4.78, 5) is 8.84. The zero-order valence-corrected chi connectivity index (χ0v) is 11.7. The SMILES string of the molecule is COc1ccc(C(N)c2ncnc3c2CCCC3)cc1. The molecule has 0 radical (unpaired) electrons. The highest BCUT2D eigenvalue weighted by atomic mass is 16.5. The maximum Gasteiger partial charge on any atom is 0.118 e. The number of nitrogens with zero attached hydrogens (tertiary/aromatic N) is 2. The van der Waals surface area contributed by atoms with Crippen LogP contribution in [0.3, 0.4) is 0 Å². The number of benzene rings is 1. The summed E-state index contributed by atoms with van der Waals surface area (Å²) in [5.41, 5.74) is 10.8. The molecule has 1 aliphatic carbocycles. The second kappa shape index (κ2) is 5.59. The van der Waals surface area contributed by atoms with Gasteiger partial charge in [-0.1, -0.05) is 12.1 Å². The van der Waals surface area contributed by atoms with E-state index in [1.807, 2.05) is 24.3 Å². The molecule has 3 rings (SSSR count). The van der Waals surface area contributed by atoms with Gasteiger partial charge in [-0.05, 0) is 48.9 Å². The van der Waals surface area contributed by atoms with Crippen LogP contribution in [0.5, 0.6) is 5.75 Å². The summed E-state index contributed by atoms with van der Waals surface area (Å²) >= 11 is 0. The maximum atomic E-state index is 6.40. The van der Waals surface area contributed by atoms with Crippen molar-refractivity contribution < 1.29 is 4.74 Å². The Kier molecular flexibility index (Phi) is 3.65. The van der Waals surface area contributed by atoms with Crippen LogP contribution in [0.1, 0.15) is 41.4 Å². The van der Waals surface area contributed by atoms with Crippen molar-refractivity contribution in [1.82, 2.24) is 9.97 Å². The first-order valence-corrected chi connectivity index (χ1v) is 7.02. The topological polar surface area (TPSA) is 61.0 Å². The van der Waals surface area contributed by atoms with E-state index in [1.54, 1.807) is 13.4 Å². The smallest absolute Gasteiger partial charge is 0.118 e. The molecule has 1 heterocycles. The summed E-state index contributed by atoms with van der Waals surface area (Å²) < 4.78 is 5.18. The molecule has 0 fully saturated rings. The minimum atomic E-state index is -0.198. The number of nitrogens with two attached hydrogens (primary N) is 1. The lowest BCUT2D eigenvalue weighted by Gasteiger charge is -2.21. The molecule has 0 bridgehead atoms. The molecule has 20 heavy (non-hydrogen) atoms. The van der Waals surface area contributed by atoms with Gasteiger partial charge in [0.25, 0.3) is 0 Å². The number of ether oxygens (including phenoxy) is 1. The summed E-state index contributed by atoms with van der Waals surface area (Å²) in [5.74, 6) is 0.839. The number of hydrogen-bond acceptors (Lipinski definition) is 4.